The maximum atomic E-state index is 12.3. The maximum Gasteiger partial charge on any atom is 0.225 e. The molecular formula is C21H27N5O2. The lowest BCUT2D eigenvalue weighted by Gasteiger charge is -2.34. The van der Waals surface area contributed by atoms with Crippen molar-refractivity contribution in [2.75, 3.05) is 44.3 Å². The largest absolute Gasteiger partial charge is 0.378 e. The number of rotatable bonds is 4. The van der Waals surface area contributed by atoms with Gasteiger partial charge in [0.05, 0.1) is 18.9 Å². The van der Waals surface area contributed by atoms with Crippen LogP contribution < -0.4 is 4.90 Å². The summed E-state index contributed by atoms with van der Waals surface area (Å²) in [5.41, 5.74) is 3.06. The summed E-state index contributed by atoms with van der Waals surface area (Å²) in [6, 6.07) is 3.98. The first-order chi connectivity index (χ1) is 13.8. The van der Waals surface area contributed by atoms with Gasteiger partial charge in [-0.05, 0) is 18.9 Å². The van der Waals surface area contributed by atoms with Crippen molar-refractivity contribution in [1.82, 2.24) is 19.9 Å². The van der Waals surface area contributed by atoms with Gasteiger partial charge in [-0.25, -0.2) is 9.97 Å². The van der Waals surface area contributed by atoms with E-state index in [9.17, 15) is 4.79 Å². The van der Waals surface area contributed by atoms with Crippen LogP contribution in [0.3, 0.4) is 0 Å². The van der Waals surface area contributed by atoms with Crippen LogP contribution in [0.15, 0.2) is 30.7 Å². The molecule has 2 aliphatic heterocycles. The number of hydrogen-bond acceptors (Lipinski definition) is 6. The molecule has 0 aliphatic carbocycles. The summed E-state index contributed by atoms with van der Waals surface area (Å²) < 4.78 is 5.46. The van der Waals surface area contributed by atoms with Crippen molar-refractivity contribution in [2.45, 2.75) is 32.1 Å². The second kappa shape index (κ2) is 8.65. The second-order valence-electron chi connectivity index (χ2n) is 7.34. The Hall–Kier alpha value is -2.54. The molecule has 0 saturated carbocycles. The summed E-state index contributed by atoms with van der Waals surface area (Å²) in [4.78, 5) is 30.4. The van der Waals surface area contributed by atoms with Gasteiger partial charge < -0.3 is 14.5 Å². The molecule has 1 atom stereocenters. The number of nitrogens with zero attached hydrogens (tertiary/aromatic N) is 5. The lowest BCUT2D eigenvalue weighted by atomic mass is 9.90. The number of hydrogen-bond donors (Lipinski definition) is 0. The molecule has 148 valence electrons. The zero-order valence-corrected chi connectivity index (χ0v) is 16.4. The van der Waals surface area contributed by atoms with E-state index in [1.165, 1.54) is 0 Å². The lowest BCUT2D eigenvalue weighted by molar-refractivity contribution is -0.132. The number of pyridine rings is 1. The molecule has 28 heavy (non-hydrogen) atoms. The van der Waals surface area contributed by atoms with Crippen molar-refractivity contribution < 1.29 is 9.53 Å². The maximum absolute atomic E-state index is 12.3. The van der Waals surface area contributed by atoms with Gasteiger partial charge in [0.1, 0.15) is 0 Å². The fourth-order valence-electron chi connectivity index (χ4n) is 4.01. The number of morpholine rings is 1. The topological polar surface area (TPSA) is 71.5 Å². The molecule has 0 spiro atoms. The number of likely N-dealkylation sites (tertiary alicyclic amines) is 1. The van der Waals surface area contributed by atoms with Gasteiger partial charge >= 0.3 is 0 Å². The Labute approximate surface area is 165 Å². The molecule has 0 aromatic carbocycles. The first-order valence-electron chi connectivity index (χ1n) is 10.1. The van der Waals surface area contributed by atoms with Gasteiger partial charge in [-0.3, -0.25) is 9.78 Å². The minimum absolute atomic E-state index is 0.210. The minimum atomic E-state index is 0.210. The Bertz CT molecular complexity index is 808. The lowest BCUT2D eigenvalue weighted by Crippen LogP contribution is -2.40. The Morgan fingerprint density at radius 3 is 2.86 bits per heavy atom. The predicted molar refractivity (Wildman–Crippen MR) is 107 cm³/mol. The molecule has 2 aromatic heterocycles. The van der Waals surface area contributed by atoms with Crippen LogP contribution in [0.1, 0.15) is 37.8 Å². The minimum Gasteiger partial charge on any atom is -0.378 e. The molecule has 2 saturated heterocycles. The van der Waals surface area contributed by atoms with E-state index in [1.54, 1.807) is 6.20 Å². The van der Waals surface area contributed by atoms with Gasteiger partial charge in [0.2, 0.25) is 11.9 Å². The number of ether oxygens (including phenoxy) is 1. The van der Waals surface area contributed by atoms with Gasteiger partial charge in [0.15, 0.2) is 0 Å². The third-order valence-electron chi connectivity index (χ3n) is 5.54. The zero-order chi connectivity index (χ0) is 19.3. The summed E-state index contributed by atoms with van der Waals surface area (Å²) in [5, 5.41) is 0. The van der Waals surface area contributed by atoms with Gasteiger partial charge in [-0.2, -0.15) is 0 Å². The third kappa shape index (κ3) is 3.99. The van der Waals surface area contributed by atoms with Gasteiger partial charge in [-0.1, -0.05) is 13.0 Å². The molecule has 7 nitrogen and oxygen atoms in total. The van der Waals surface area contributed by atoms with Crippen LogP contribution in [-0.4, -0.2) is 65.2 Å². The van der Waals surface area contributed by atoms with Crippen molar-refractivity contribution in [3.63, 3.8) is 0 Å². The molecule has 2 aliphatic rings. The fourth-order valence-corrected chi connectivity index (χ4v) is 4.01. The predicted octanol–water partition coefficient (Wildman–Crippen LogP) is 2.49. The average molecular weight is 381 g/mol. The highest BCUT2D eigenvalue weighted by Crippen LogP contribution is 2.34. The van der Waals surface area contributed by atoms with E-state index >= 15 is 0 Å². The molecule has 0 bridgehead atoms. The molecule has 2 aromatic rings. The quantitative estimate of drug-likeness (QED) is 0.810. The number of anilines is 1. The normalized spacial score (nSPS) is 20.2. The Balaban J connectivity index is 1.70. The van der Waals surface area contributed by atoms with E-state index in [1.807, 2.05) is 36.4 Å². The SMILES string of the molecule is CCC(=O)N1CCCC(c2nc(N3CCOCC3)ncc2-c2cccnc2)C1. The Kier molecular flexibility index (Phi) is 5.81. The smallest absolute Gasteiger partial charge is 0.225 e. The summed E-state index contributed by atoms with van der Waals surface area (Å²) in [6.45, 7) is 6.49. The van der Waals surface area contributed by atoms with E-state index in [2.05, 4.69) is 14.9 Å². The van der Waals surface area contributed by atoms with Crippen LogP contribution in [-0.2, 0) is 9.53 Å². The molecule has 0 N–H and O–H groups in total. The van der Waals surface area contributed by atoms with Crippen molar-refractivity contribution in [3.8, 4) is 11.1 Å². The van der Waals surface area contributed by atoms with E-state index in [0.717, 1.165) is 61.8 Å². The average Bonchev–Trinajstić information content (AvgIpc) is 2.79. The van der Waals surface area contributed by atoms with E-state index < -0.39 is 0 Å². The molecule has 0 radical (unpaired) electrons. The van der Waals surface area contributed by atoms with E-state index in [4.69, 9.17) is 9.72 Å². The van der Waals surface area contributed by atoms with Crippen LogP contribution in [0.2, 0.25) is 0 Å². The van der Waals surface area contributed by atoms with Gasteiger partial charge in [-0.15, -0.1) is 0 Å². The van der Waals surface area contributed by atoms with E-state index in [0.29, 0.717) is 19.6 Å². The number of amides is 1. The van der Waals surface area contributed by atoms with Crippen molar-refractivity contribution >= 4 is 11.9 Å². The first-order valence-corrected chi connectivity index (χ1v) is 10.1. The number of carbonyl (C=O) groups excluding carboxylic acids is 1. The standard InChI is InChI=1S/C21H27N5O2/c1-2-19(27)26-8-4-6-17(15-26)20-18(16-5-3-7-22-13-16)14-23-21(24-20)25-9-11-28-12-10-25/h3,5,7,13-14,17H,2,4,6,8-12,15H2,1H3. The van der Waals surface area contributed by atoms with Crippen molar-refractivity contribution in [2.24, 2.45) is 0 Å². The third-order valence-corrected chi connectivity index (χ3v) is 5.54. The van der Waals surface area contributed by atoms with Crippen molar-refractivity contribution in [3.05, 3.63) is 36.4 Å². The number of piperidine rings is 1. The van der Waals surface area contributed by atoms with E-state index in [-0.39, 0.29) is 11.8 Å². The molecule has 4 heterocycles. The van der Waals surface area contributed by atoms with Crippen LogP contribution in [0.4, 0.5) is 5.95 Å². The summed E-state index contributed by atoms with van der Waals surface area (Å²) in [5.74, 6) is 1.18. The first kappa shape index (κ1) is 18.8. The van der Waals surface area contributed by atoms with Crippen LogP contribution in [0.25, 0.3) is 11.1 Å². The molecule has 4 rings (SSSR count). The fraction of sp³-hybridized carbons (Fsp3) is 0.524. The molecular weight excluding hydrogens is 354 g/mol. The number of aromatic nitrogens is 3. The monoisotopic (exact) mass is 381 g/mol. The molecule has 1 unspecified atom stereocenters. The Morgan fingerprint density at radius 2 is 2.11 bits per heavy atom. The van der Waals surface area contributed by atoms with Gasteiger partial charge in [0.25, 0.3) is 0 Å². The number of carbonyl (C=O) groups is 1. The Morgan fingerprint density at radius 1 is 1.25 bits per heavy atom. The highest BCUT2D eigenvalue weighted by molar-refractivity contribution is 5.76. The van der Waals surface area contributed by atoms with Crippen LogP contribution in [0.5, 0.6) is 0 Å². The molecule has 1 amide bonds. The second-order valence-corrected chi connectivity index (χ2v) is 7.34. The highest BCUT2D eigenvalue weighted by atomic mass is 16.5. The van der Waals surface area contributed by atoms with Crippen molar-refractivity contribution in [1.29, 1.82) is 0 Å². The van der Waals surface area contributed by atoms with Crippen LogP contribution in [0, 0.1) is 0 Å². The molecule has 2 fully saturated rings. The van der Waals surface area contributed by atoms with Gasteiger partial charge in [0, 0.05) is 68.2 Å². The zero-order valence-electron chi connectivity index (χ0n) is 16.4. The molecule has 7 heteroatoms. The summed E-state index contributed by atoms with van der Waals surface area (Å²) in [6.07, 6.45) is 8.12. The highest BCUT2D eigenvalue weighted by Gasteiger charge is 2.28. The summed E-state index contributed by atoms with van der Waals surface area (Å²) >= 11 is 0. The summed E-state index contributed by atoms with van der Waals surface area (Å²) in [7, 11) is 0. The van der Waals surface area contributed by atoms with Crippen LogP contribution >= 0.6 is 0 Å².